The topological polar surface area (TPSA) is 70.7 Å². The molecule has 0 aliphatic heterocycles. The SMILES string of the molecule is COc1cccc(C(CNC(=O)C(NC(=O)c2ccccc2F)C(C)C)N(C)C)c1. The predicted molar refractivity (Wildman–Crippen MR) is 115 cm³/mol. The molecule has 0 radical (unpaired) electrons. The van der Waals surface area contributed by atoms with Crippen LogP contribution in [-0.2, 0) is 4.79 Å². The number of halogens is 1. The highest BCUT2D eigenvalue weighted by atomic mass is 19.1. The number of hydrogen-bond acceptors (Lipinski definition) is 4. The van der Waals surface area contributed by atoms with Gasteiger partial charge in [-0.05, 0) is 49.8 Å². The van der Waals surface area contributed by atoms with Crippen LogP contribution < -0.4 is 15.4 Å². The molecule has 2 atom stereocenters. The Bertz CT molecular complexity index is 870. The van der Waals surface area contributed by atoms with Gasteiger partial charge in [-0.2, -0.15) is 0 Å². The first-order chi connectivity index (χ1) is 14.2. The zero-order valence-electron chi connectivity index (χ0n) is 18.1. The molecule has 0 aliphatic carbocycles. The van der Waals surface area contributed by atoms with Gasteiger partial charge >= 0.3 is 0 Å². The summed E-state index contributed by atoms with van der Waals surface area (Å²) < 4.78 is 19.2. The molecule has 2 aromatic rings. The van der Waals surface area contributed by atoms with Crippen molar-refractivity contribution >= 4 is 11.8 Å². The molecule has 162 valence electrons. The van der Waals surface area contributed by atoms with Gasteiger partial charge in [-0.3, -0.25) is 9.59 Å². The fraction of sp³-hybridized carbons (Fsp3) is 0.391. The van der Waals surface area contributed by atoms with Gasteiger partial charge in [0.15, 0.2) is 0 Å². The summed E-state index contributed by atoms with van der Waals surface area (Å²) in [6.07, 6.45) is 0. The Hall–Kier alpha value is -2.93. The molecule has 2 unspecified atom stereocenters. The second-order valence-electron chi connectivity index (χ2n) is 7.68. The second-order valence-corrected chi connectivity index (χ2v) is 7.68. The van der Waals surface area contributed by atoms with Crippen LogP contribution in [0.1, 0.15) is 35.8 Å². The van der Waals surface area contributed by atoms with E-state index in [0.717, 1.165) is 11.3 Å². The minimum Gasteiger partial charge on any atom is -0.497 e. The molecule has 0 heterocycles. The summed E-state index contributed by atoms with van der Waals surface area (Å²) in [6, 6.07) is 12.5. The van der Waals surface area contributed by atoms with Crippen molar-refractivity contribution in [2.45, 2.75) is 25.9 Å². The highest BCUT2D eigenvalue weighted by Gasteiger charge is 2.26. The van der Waals surface area contributed by atoms with Gasteiger partial charge in [-0.15, -0.1) is 0 Å². The molecule has 0 aliphatic rings. The van der Waals surface area contributed by atoms with Gasteiger partial charge in [0, 0.05) is 6.54 Å². The summed E-state index contributed by atoms with van der Waals surface area (Å²) >= 11 is 0. The average molecular weight is 416 g/mol. The molecule has 0 bridgehead atoms. The van der Waals surface area contributed by atoms with Crippen molar-refractivity contribution in [3.05, 3.63) is 65.5 Å². The van der Waals surface area contributed by atoms with Crippen molar-refractivity contribution < 1.29 is 18.7 Å². The standard InChI is InChI=1S/C23H30FN3O3/c1-15(2)21(26-22(28)18-11-6-7-12-19(18)24)23(29)25-14-20(27(3)4)16-9-8-10-17(13-16)30-5/h6-13,15,20-21H,14H2,1-5H3,(H,25,29)(H,26,28). The summed E-state index contributed by atoms with van der Waals surface area (Å²) in [5.74, 6) is -0.981. The third-order valence-corrected chi connectivity index (χ3v) is 4.93. The van der Waals surface area contributed by atoms with Crippen molar-refractivity contribution in [1.29, 1.82) is 0 Å². The summed E-state index contributed by atoms with van der Waals surface area (Å²) in [4.78, 5) is 27.3. The molecule has 30 heavy (non-hydrogen) atoms. The van der Waals surface area contributed by atoms with Crippen LogP contribution in [0.3, 0.4) is 0 Å². The van der Waals surface area contributed by atoms with Crippen LogP contribution >= 0.6 is 0 Å². The molecule has 2 rings (SSSR count). The molecular weight excluding hydrogens is 385 g/mol. The van der Waals surface area contributed by atoms with Crippen LogP contribution in [0, 0.1) is 11.7 Å². The van der Waals surface area contributed by atoms with E-state index in [9.17, 15) is 14.0 Å². The summed E-state index contributed by atoms with van der Waals surface area (Å²) in [5, 5.41) is 5.58. The normalized spacial score (nSPS) is 13.1. The zero-order chi connectivity index (χ0) is 22.3. The number of ether oxygens (including phenoxy) is 1. The fourth-order valence-electron chi connectivity index (χ4n) is 3.15. The third-order valence-electron chi connectivity index (χ3n) is 4.93. The Morgan fingerprint density at radius 1 is 1.10 bits per heavy atom. The van der Waals surface area contributed by atoms with Gasteiger partial charge in [-0.25, -0.2) is 4.39 Å². The van der Waals surface area contributed by atoms with Gasteiger partial charge in [0.05, 0.1) is 18.7 Å². The first-order valence-electron chi connectivity index (χ1n) is 9.88. The number of carbonyl (C=O) groups excluding carboxylic acids is 2. The van der Waals surface area contributed by atoms with E-state index >= 15 is 0 Å². The summed E-state index contributed by atoms with van der Waals surface area (Å²) in [6.45, 7) is 4.01. The molecule has 2 amide bonds. The van der Waals surface area contributed by atoms with E-state index in [4.69, 9.17) is 4.74 Å². The number of amides is 2. The van der Waals surface area contributed by atoms with Crippen LogP contribution in [0.15, 0.2) is 48.5 Å². The fourth-order valence-corrected chi connectivity index (χ4v) is 3.15. The van der Waals surface area contributed by atoms with E-state index in [2.05, 4.69) is 10.6 Å². The van der Waals surface area contributed by atoms with Gasteiger partial charge in [-0.1, -0.05) is 38.1 Å². The lowest BCUT2D eigenvalue weighted by molar-refractivity contribution is -0.124. The molecule has 0 saturated carbocycles. The van der Waals surface area contributed by atoms with E-state index in [1.54, 1.807) is 13.2 Å². The van der Waals surface area contributed by atoms with Crippen molar-refractivity contribution in [1.82, 2.24) is 15.5 Å². The number of likely N-dealkylation sites (N-methyl/N-ethyl adjacent to an activating group) is 1. The number of rotatable bonds is 9. The second kappa shape index (κ2) is 10.7. The number of carbonyl (C=O) groups is 2. The Morgan fingerprint density at radius 2 is 1.80 bits per heavy atom. The van der Waals surface area contributed by atoms with Crippen LogP contribution in [-0.4, -0.2) is 50.5 Å². The highest BCUT2D eigenvalue weighted by Crippen LogP contribution is 2.22. The highest BCUT2D eigenvalue weighted by molar-refractivity contribution is 5.97. The Kier molecular flexibility index (Phi) is 8.35. The third kappa shape index (κ3) is 6.03. The maximum Gasteiger partial charge on any atom is 0.254 e. The molecule has 0 fully saturated rings. The lowest BCUT2D eigenvalue weighted by atomic mass is 10.0. The molecule has 6 nitrogen and oxygen atoms in total. The van der Waals surface area contributed by atoms with E-state index in [1.165, 1.54) is 18.2 Å². The maximum absolute atomic E-state index is 13.9. The van der Waals surface area contributed by atoms with Gasteiger partial charge in [0.1, 0.15) is 17.6 Å². The summed E-state index contributed by atoms with van der Waals surface area (Å²) in [7, 11) is 5.46. The van der Waals surface area contributed by atoms with E-state index in [0.29, 0.717) is 6.54 Å². The van der Waals surface area contributed by atoms with E-state index in [1.807, 2.05) is 57.1 Å². The lowest BCUT2D eigenvalue weighted by Crippen LogP contribution is -2.51. The maximum atomic E-state index is 13.9. The molecule has 2 N–H and O–H groups in total. The van der Waals surface area contributed by atoms with Crippen molar-refractivity contribution in [3.8, 4) is 5.75 Å². The van der Waals surface area contributed by atoms with Crippen molar-refractivity contribution in [2.24, 2.45) is 5.92 Å². The molecule has 2 aromatic carbocycles. The molecular formula is C23H30FN3O3. The number of benzene rings is 2. The molecule has 0 saturated heterocycles. The Labute approximate surface area is 177 Å². The first-order valence-corrected chi connectivity index (χ1v) is 9.88. The van der Waals surface area contributed by atoms with Gasteiger partial charge in [0.2, 0.25) is 5.91 Å². The number of hydrogen-bond donors (Lipinski definition) is 2. The molecule has 0 aromatic heterocycles. The van der Waals surface area contributed by atoms with Gasteiger partial charge in [0.25, 0.3) is 5.91 Å². The van der Waals surface area contributed by atoms with E-state index in [-0.39, 0.29) is 23.4 Å². The van der Waals surface area contributed by atoms with Crippen molar-refractivity contribution in [3.63, 3.8) is 0 Å². The van der Waals surface area contributed by atoms with Crippen molar-refractivity contribution in [2.75, 3.05) is 27.7 Å². The lowest BCUT2D eigenvalue weighted by Gasteiger charge is -2.27. The molecule has 0 spiro atoms. The minimum absolute atomic E-state index is 0.0841. The smallest absolute Gasteiger partial charge is 0.254 e. The van der Waals surface area contributed by atoms with E-state index < -0.39 is 17.8 Å². The monoisotopic (exact) mass is 415 g/mol. The quantitative estimate of drug-likeness (QED) is 0.661. The number of nitrogens with one attached hydrogen (secondary N) is 2. The first kappa shape index (κ1) is 23.3. The number of nitrogens with zero attached hydrogens (tertiary/aromatic N) is 1. The Morgan fingerprint density at radius 3 is 2.40 bits per heavy atom. The average Bonchev–Trinajstić information content (AvgIpc) is 2.71. The van der Waals surface area contributed by atoms with Gasteiger partial charge < -0.3 is 20.3 Å². The minimum atomic E-state index is -0.787. The van der Waals surface area contributed by atoms with Crippen LogP contribution in [0.2, 0.25) is 0 Å². The predicted octanol–water partition coefficient (Wildman–Crippen LogP) is 3.01. The van der Waals surface area contributed by atoms with Crippen LogP contribution in [0.25, 0.3) is 0 Å². The van der Waals surface area contributed by atoms with Crippen LogP contribution in [0.5, 0.6) is 5.75 Å². The summed E-state index contributed by atoms with van der Waals surface area (Å²) in [5.41, 5.74) is 0.912. The Balaban J connectivity index is 2.09. The zero-order valence-corrected chi connectivity index (χ0v) is 18.1. The molecule has 7 heteroatoms. The van der Waals surface area contributed by atoms with Crippen LogP contribution in [0.4, 0.5) is 4.39 Å². The largest absolute Gasteiger partial charge is 0.497 e. The number of methoxy groups -OCH3 is 1.